The van der Waals surface area contributed by atoms with Gasteiger partial charge in [-0.1, -0.05) is 36.4 Å². The average Bonchev–Trinajstić information content (AvgIpc) is 3.34. The first-order valence-corrected chi connectivity index (χ1v) is 9.33. The zero-order valence-corrected chi connectivity index (χ0v) is 15.4. The van der Waals surface area contributed by atoms with Crippen LogP contribution in [0, 0.1) is 0 Å². The van der Waals surface area contributed by atoms with Gasteiger partial charge in [0.25, 0.3) is 5.56 Å². The van der Waals surface area contributed by atoms with E-state index < -0.39 is 0 Å². The highest BCUT2D eigenvalue weighted by Gasteiger charge is 2.14. The molecule has 0 aliphatic heterocycles. The third-order valence-electron chi connectivity index (χ3n) is 4.23. The molecule has 0 aliphatic rings. The number of nitrogens with zero attached hydrogens (tertiary/aromatic N) is 4. The summed E-state index contributed by atoms with van der Waals surface area (Å²) in [6.07, 6.45) is 1.45. The summed E-state index contributed by atoms with van der Waals surface area (Å²) in [5.41, 5.74) is 1.74. The minimum Gasteiger partial charge on any atom is -0.348 e. The van der Waals surface area contributed by atoms with E-state index in [9.17, 15) is 9.59 Å². The fourth-order valence-corrected chi connectivity index (χ4v) is 3.53. The number of aromatic nitrogens is 4. The molecule has 0 spiro atoms. The summed E-state index contributed by atoms with van der Waals surface area (Å²) < 4.78 is 2.60. The summed E-state index contributed by atoms with van der Waals surface area (Å²) in [7, 11) is 0. The highest BCUT2D eigenvalue weighted by atomic mass is 32.1. The van der Waals surface area contributed by atoms with Crippen LogP contribution in [0.2, 0.25) is 0 Å². The van der Waals surface area contributed by atoms with Crippen LogP contribution in [0.15, 0.2) is 65.0 Å². The Morgan fingerprint density at radius 3 is 2.78 bits per heavy atom. The van der Waals surface area contributed by atoms with Gasteiger partial charge in [-0.15, -0.1) is 11.3 Å². The second-order valence-corrected chi connectivity index (χ2v) is 7.08. The molecule has 0 radical (unpaired) electrons. The van der Waals surface area contributed by atoms with Gasteiger partial charge in [0, 0.05) is 0 Å². The van der Waals surface area contributed by atoms with E-state index in [0.29, 0.717) is 11.2 Å². The first kappa shape index (κ1) is 17.2. The van der Waals surface area contributed by atoms with Crippen LogP contribution in [0.1, 0.15) is 18.5 Å². The lowest BCUT2D eigenvalue weighted by molar-refractivity contribution is -0.122. The van der Waals surface area contributed by atoms with Crippen LogP contribution in [-0.2, 0) is 11.3 Å². The Morgan fingerprint density at radius 1 is 1.22 bits per heavy atom. The van der Waals surface area contributed by atoms with E-state index in [1.54, 1.807) is 17.4 Å². The van der Waals surface area contributed by atoms with Crippen molar-refractivity contribution >= 4 is 22.8 Å². The van der Waals surface area contributed by atoms with Crippen LogP contribution in [0.4, 0.5) is 0 Å². The van der Waals surface area contributed by atoms with Crippen LogP contribution < -0.4 is 10.9 Å². The number of thiophene rings is 1. The Labute approximate surface area is 158 Å². The normalized spacial score (nSPS) is 12.2. The summed E-state index contributed by atoms with van der Waals surface area (Å²) in [5, 5.41) is 13.3. The molecule has 136 valence electrons. The van der Waals surface area contributed by atoms with Gasteiger partial charge in [-0.3, -0.25) is 9.59 Å². The lowest BCUT2D eigenvalue weighted by atomic mass is 10.1. The number of nitrogens with one attached hydrogen (secondary N) is 1. The number of carbonyl (C=O) groups is 1. The van der Waals surface area contributed by atoms with E-state index in [2.05, 4.69) is 15.5 Å². The van der Waals surface area contributed by atoms with Crippen LogP contribution in [0.3, 0.4) is 0 Å². The molecule has 0 saturated carbocycles. The SMILES string of the molecule is CC(NC(=O)Cn1ncn2nc(-c3cccs3)cc2c1=O)c1ccccc1. The summed E-state index contributed by atoms with van der Waals surface area (Å²) in [5.74, 6) is -0.275. The molecular formula is C19H17N5O2S. The number of hydrogen-bond acceptors (Lipinski definition) is 5. The first-order chi connectivity index (χ1) is 13.1. The lowest BCUT2D eigenvalue weighted by Crippen LogP contribution is -2.35. The molecule has 8 heteroatoms. The van der Waals surface area contributed by atoms with E-state index in [1.165, 1.54) is 10.8 Å². The Balaban J connectivity index is 1.54. The van der Waals surface area contributed by atoms with E-state index in [4.69, 9.17) is 0 Å². The third-order valence-corrected chi connectivity index (χ3v) is 5.13. The monoisotopic (exact) mass is 379 g/mol. The van der Waals surface area contributed by atoms with Gasteiger partial charge >= 0.3 is 0 Å². The molecule has 1 aromatic carbocycles. The van der Waals surface area contributed by atoms with Crippen molar-refractivity contribution < 1.29 is 4.79 Å². The number of carbonyl (C=O) groups excluding carboxylic acids is 1. The molecular weight excluding hydrogens is 362 g/mol. The maximum absolute atomic E-state index is 12.7. The molecule has 3 aromatic heterocycles. The lowest BCUT2D eigenvalue weighted by Gasteiger charge is -2.14. The van der Waals surface area contributed by atoms with Crippen molar-refractivity contribution in [3.05, 3.63) is 76.2 Å². The quantitative estimate of drug-likeness (QED) is 0.578. The Morgan fingerprint density at radius 2 is 2.04 bits per heavy atom. The van der Waals surface area contributed by atoms with E-state index in [1.807, 2.05) is 54.8 Å². The average molecular weight is 379 g/mol. The Hall–Kier alpha value is -3.26. The van der Waals surface area contributed by atoms with Crippen LogP contribution in [-0.4, -0.2) is 25.3 Å². The number of hydrogen-bond donors (Lipinski definition) is 1. The van der Waals surface area contributed by atoms with Crippen molar-refractivity contribution in [2.45, 2.75) is 19.5 Å². The second kappa shape index (κ2) is 7.16. The molecule has 1 atom stereocenters. The van der Waals surface area contributed by atoms with Crippen LogP contribution in [0.25, 0.3) is 16.1 Å². The molecule has 1 amide bonds. The Kier molecular flexibility index (Phi) is 4.55. The van der Waals surface area contributed by atoms with Crippen molar-refractivity contribution in [3.63, 3.8) is 0 Å². The molecule has 4 rings (SSSR count). The zero-order valence-electron chi connectivity index (χ0n) is 14.6. The smallest absolute Gasteiger partial charge is 0.293 e. The molecule has 0 saturated heterocycles. The van der Waals surface area contributed by atoms with Crippen LogP contribution >= 0.6 is 11.3 Å². The number of rotatable bonds is 5. The molecule has 3 heterocycles. The highest BCUT2D eigenvalue weighted by Crippen LogP contribution is 2.23. The number of amides is 1. The molecule has 0 fully saturated rings. The fraction of sp³-hybridized carbons (Fsp3) is 0.158. The zero-order chi connectivity index (χ0) is 18.8. The van der Waals surface area contributed by atoms with Gasteiger partial charge in [0.05, 0.1) is 10.9 Å². The summed E-state index contributed by atoms with van der Waals surface area (Å²) in [6, 6.07) is 15.1. The molecule has 0 bridgehead atoms. The van der Waals surface area contributed by atoms with Gasteiger partial charge in [0.15, 0.2) is 0 Å². The summed E-state index contributed by atoms with van der Waals surface area (Å²) in [4.78, 5) is 26.0. The van der Waals surface area contributed by atoms with Crippen molar-refractivity contribution in [1.82, 2.24) is 24.7 Å². The van der Waals surface area contributed by atoms with E-state index in [-0.39, 0.29) is 24.1 Å². The largest absolute Gasteiger partial charge is 0.348 e. The van der Waals surface area contributed by atoms with Crippen molar-refractivity contribution in [1.29, 1.82) is 0 Å². The maximum Gasteiger partial charge on any atom is 0.293 e. The van der Waals surface area contributed by atoms with Crippen molar-refractivity contribution in [3.8, 4) is 10.6 Å². The predicted molar refractivity (Wildman–Crippen MR) is 104 cm³/mol. The highest BCUT2D eigenvalue weighted by molar-refractivity contribution is 7.13. The van der Waals surface area contributed by atoms with Gasteiger partial charge in [-0.25, -0.2) is 9.20 Å². The minimum atomic E-state index is -0.352. The summed E-state index contributed by atoms with van der Waals surface area (Å²) in [6.45, 7) is 1.75. The molecule has 27 heavy (non-hydrogen) atoms. The topological polar surface area (TPSA) is 81.3 Å². The fourth-order valence-electron chi connectivity index (χ4n) is 2.84. The van der Waals surface area contributed by atoms with E-state index >= 15 is 0 Å². The standard InChI is InChI=1S/C19H17N5O2S/c1-13(14-6-3-2-4-7-14)21-18(25)11-23-19(26)16-10-15(17-8-5-9-27-17)22-24(16)12-20-23/h2-10,12-13H,11H2,1H3,(H,21,25). The number of benzene rings is 1. The Bertz CT molecular complexity index is 1130. The maximum atomic E-state index is 12.7. The minimum absolute atomic E-state index is 0.147. The summed E-state index contributed by atoms with van der Waals surface area (Å²) >= 11 is 1.55. The van der Waals surface area contributed by atoms with E-state index in [0.717, 1.165) is 15.1 Å². The molecule has 7 nitrogen and oxygen atoms in total. The molecule has 1 N–H and O–H groups in total. The van der Waals surface area contributed by atoms with Gasteiger partial charge in [-0.05, 0) is 30.0 Å². The van der Waals surface area contributed by atoms with Crippen LogP contribution in [0.5, 0.6) is 0 Å². The third kappa shape index (κ3) is 3.52. The van der Waals surface area contributed by atoms with Gasteiger partial charge in [0.1, 0.15) is 24.1 Å². The van der Waals surface area contributed by atoms with Gasteiger partial charge in [0.2, 0.25) is 5.91 Å². The molecule has 4 aromatic rings. The van der Waals surface area contributed by atoms with Gasteiger partial charge < -0.3 is 5.32 Å². The van der Waals surface area contributed by atoms with Gasteiger partial charge in [-0.2, -0.15) is 10.2 Å². The first-order valence-electron chi connectivity index (χ1n) is 8.45. The van der Waals surface area contributed by atoms with Crippen molar-refractivity contribution in [2.24, 2.45) is 0 Å². The molecule has 1 unspecified atom stereocenters. The van der Waals surface area contributed by atoms with Crippen molar-refractivity contribution in [2.75, 3.05) is 0 Å². The second-order valence-electron chi connectivity index (χ2n) is 6.13. The number of fused-ring (bicyclic) bond motifs is 1. The predicted octanol–water partition coefficient (Wildman–Crippen LogP) is 2.50. The molecule has 0 aliphatic carbocycles.